The second kappa shape index (κ2) is 6.72. The monoisotopic (exact) mass is 327 g/mol. The normalized spacial score (nSPS) is 12.7. The molecule has 0 amide bonds. The summed E-state index contributed by atoms with van der Waals surface area (Å²) in [6.45, 7) is 1.64. The van der Waals surface area contributed by atoms with Gasteiger partial charge in [0, 0.05) is 19.4 Å². The first-order chi connectivity index (χ1) is 10.8. The first kappa shape index (κ1) is 16.9. The second-order valence-electron chi connectivity index (χ2n) is 5.04. The van der Waals surface area contributed by atoms with Crippen LogP contribution in [0.4, 0.5) is 19.0 Å². The fourth-order valence-electron chi connectivity index (χ4n) is 1.91. The smallest absolute Gasteiger partial charge is 0.419 e. The Morgan fingerprint density at radius 2 is 2.04 bits per heavy atom. The molecule has 0 bridgehead atoms. The number of halogens is 3. The van der Waals surface area contributed by atoms with Crippen LogP contribution in [-0.2, 0) is 13.2 Å². The molecule has 5 nitrogen and oxygen atoms in total. The molecule has 1 atom stereocenters. The average molecular weight is 327 g/mol. The maximum absolute atomic E-state index is 12.9. The number of nitrogens with zero attached hydrogens (tertiary/aromatic N) is 2. The summed E-state index contributed by atoms with van der Waals surface area (Å²) in [6, 6.07) is 4.59. The number of alkyl halides is 3. The van der Waals surface area contributed by atoms with Crippen molar-refractivity contribution in [3.05, 3.63) is 52.6 Å². The predicted molar refractivity (Wildman–Crippen MR) is 79.5 cm³/mol. The molecule has 124 valence electrons. The maximum atomic E-state index is 12.9. The van der Waals surface area contributed by atoms with Gasteiger partial charge in [-0.2, -0.15) is 13.2 Å². The van der Waals surface area contributed by atoms with Gasteiger partial charge in [-0.25, -0.2) is 4.98 Å². The lowest BCUT2D eigenvalue weighted by molar-refractivity contribution is -0.139. The van der Waals surface area contributed by atoms with E-state index in [1.165, 1.54) is 35.2 Å². The molecule has 1 heterocycles. The first-order valence-electron chi connectivity index (χ1n) is 6.86. The number of nitrogens with one attached hydrogen (secondary N) is 1. The van der Waals surface area contributed by atoms with Crippen LogP contribution in [0, 0.1) is 0 Å². The zero-order valence-electron chi connectivity index (χ0n) is 12.6. The summed E-state index contributed by atoms with van der Waals surface area (Å²) >= 11 is 0. The third-order valence-corrected chi connectivity index (χ3v) is 3.08. The lowest BCUT2D eigenvalue weighted by Crippen LogP contribution is -2.30. The predicted octanol–water partition coefficient (Wildman–Crippen LogP) is 2.68. The van der Waals surface area contributed by atoms with Crippen molar-refractivity contribution >= 4 is 5.82 Å². The van der Waals surface area contributed by atoms with Gasteiger partial charge in [-0.15, -0.1) is 0 Å². The van der Waals surface area contributed by atoms with E-state index in [1.807, 2.05) is 0 Å². The van der Waals surface area contributed by atoms with Crippen LogP contribution in [0.5, 0.6) is 5.75 Å². The minimum atomic E-state index is -4.48. The summed E-state index contributed by atoms with van der Waals surface area (Å²) in [4.78, 5) is 15.7. The molecule has 0 aliphatic heterocycles. The van der Waals surface area contributed by atoms with Gasteiger partial charge in [-0.1, -0.05) is 12.1 Å². The van der Waals surface area contributed by atoms with E-state index in [0.717, 1.165) is 6.07 Å². The topological polar surface area (TPSA) is 56.1 Å². The highest BCUT2D eigenvalue weighted by molar-refractivity contribution is 5.36. The SMILES string of the molecule is C[C@H](COc1ccccc1C(F)(F)F)Nc1nccn(C)c1=O. The summed E-state index contributed by atoms with van der Waals surface area (Å²) < 4.78 is 45.2. The largest absolute Gasteiger partial charge is 0.491 e. The number of hydrogen-bond acceptors (Lipinski definition) is 4. The van der Waals surface area contributed by atoms with Gasteiger partial charge in [-0.05, 0) is 19.1 Å². The average Bonchev–Trinajstić information content (AvgIpc) is 2.49. The molecule has 8 heteroatoms. The van der Waals surface area contributed by atoms with Crippen molar-refractivity contribution in [1.29, 1.82) is 0 Å². The van der Waals surface area contributed by atoms with Crippen LogP contribution >= 0.6 is 0 Å². The van der Waals surface area contributed by atoms with Gasteiger partial charge in [0.2, 0.25) is 0 Å². The van der Waals surface area contributed by atoms with E-state index >= 15 is 0 Å². The van der Waals surface area contributed by atoms with E-state index in [-0.39, 0.29) is 23.7 Å². The summed E-state index contributed by atoms with van der Waals surface area (Å²) in [5, 5.41) is 2.83. The van der Waals surface area contributed by atoms with Crippen LogP contribution in [0.3, 0.4) is 0 Å². The van der Waals surface area contributed by atoms with Gasteiger partial charge in [0.25, 0.3) is 5.56 Å². The summed E-state index contributed by atoms with van der Waals surface area (Å²) in [6.07, 6.45) is -1.52. The number of aryl methyl sites for hydroxylation is 1. The van der Waals surface area contributed by atoms with Crippen LogP contribution in [0.1, 0.15) is 12.5 Å². The molecule has 2 aromatic rings. The molecule has 0 fully saturated rings. The van der Waals surface area contributed by atoms with Crippen LogP contribution in [0.2, 0.25) is 0 Å². The van der Waals surface area contributed by atoms with E-state index < -0.39 is 17.8 Å². The Morgan fingerprint density at radius 1 is 1.35 bits per heavy atom. The molecule has 1 aromatic carbocycles. The molecule has 0 radical (unpaired) electrons. The number of anilines is 1. The van der Waals surface area contributed by atoms with Crippen molar-refractivity contribution < 1.29 is 17.9 Å². The van der Waals surface area contributed by atoms with Crippen molar-refractivity contribution in [1.82, 2.24) is 9.55 Å². The molecule has 0 spiro atoms. The number of rotatable bonds is 5. The summed E-state index contributed by atoms with van der Waals surface area (Å²) in [5.74, 6) is -0.127. The molecule has 0 aliphatic rings. The Balaban J connectivity index is 2.04. The molecule has 0 unspecified atom stereocenters. The summed E-state index contributed by atoms with van der Waals surface area (Å²) in [7, 11) is 1.58. The molecule has 0 saturated heterocycles. The Morgan fingerprint density at radius 3 is 2.74 bits per heavy atom. The van der Waals surface area contributed by atoms with Crippen molar-refractivity contribution in [3.63, 3.8) is 0 Å². The number of benzene rings is 1. The highest BCUT2D eigenvalue weighted by Gasteiger charge is 2.34. The Hall–Kier alpha value is -2.51. The molecule has 2 rings (SSSR count). The van der Waals surface area contributed by atoms with Gasteiger partial charge in [0.15, 0.2) is 5.82 Å². The molecule has 1 N–H and O–H groups in total. The number of ether oxygens (including phenoxy) is 1. The van der Waals surface area contributed by atoms with E-state index in [4.69, 9.17) is 4.74 Å². The molecular weight excluding hydrogens is 311 g/mol. The van der Waals surface area contributed by atoms with Crippen molar-refractivity contribution in [2.45, 2.75) is 19.1 Å². The molecule has 0 saturated carbocycles. The number of hydrogen-bond donors (Lipinski definition) is 1. The van der Waals surface area contributed by atoms with Gasteiger partial charge in [0.05, 0.1) is 11.6 Å². The summed E-state index contributed by atoms with van der Waals surface area (Å²) in [5.41, 5.74) is -1.16. The standard InChI is InChI=1S/C15H16F3N3O2/c1-10(20-13-14(22)21(2)8-7-19-13)9-23-12-6-4-3-5-11(12)15(16,17)18/h3-8,10H,9H2,1-2H3,(H,19,20)/t10-/m1/s1. The zero-order valence-corrected chi connectivity index (χ0v) is 12.6. The first-order valence-corrected chi connectivity index (χ1v) is 6.86. The molecule has 23 heavy (non-hydrogen) atoms. The van der Waals surface area contributed by atoms with E-state index in [2.05, 4.69) is 10.3 Å². The Kier molecular flexibility index (Phi) is 4.92. The molecular formula is C15H16F3N3O2. The number of aromatic nitrogens is 2. The quantitative estimate of drug-likeness (QED) is 0.917. The van der Waals surface area contributed by atoms with Gasteiger partial charge >= 0.3 is 6.18 Å². The van der Waals surface area contributed by atoms with Crippen LogP contribution in [0.15, 0.2) is 41.5 Å². The molecule has 0 aliphatic carbocycles. The van der Waals surface area contributed by atoms with Crippen LogP contribution in [-0.4, -0.2) is 22.2 Å². The van der Waals surface area contributed by atoms with Gasteiger partial charge in [-0.3, -0.25) is 4.79 Å². The Bertz CT molecular complexity index is 728. The minimum absolute atomic E-state index is 0.0488. The van der Waals surface area contributed by atoms with E-state index in [9.17, 15) is 18.0 Å². The maximum Gasteiger partial charge on any atom is 0.419 e. The minimum Gasteiger partial charge on any atom is -0.491 e. The fourth-order valence-corrected chi connectivity index (χ4v) is 1.91. The highest BCUT2D eigenvalue weighted by Crippen LogP contribution is 2.35. The fraction of sp³-hybridized carbons (Fsp3) is 0.333. The zero-order chi connectivity index (χ0) is 17.0. The lowest BCUT2D eigenvalue weighted by atomic mass is 10.2. The van der Waals surface area contributed by atoms with Gasteiger partial charge < -0.3 is 14.6 Å². The van der Waals surface area contributed by atoms with Crippen molar-refractivity contribution in [2.75, 3.05) is 11.9 Å². The lowest BCUT2D eigenvalue weighted by Gasteiger charge is -2.18. The highest BCUT2D eigenvalue weighted by atomic mass is 19.4. The molecule has 1 aromatic heterocycles. The third kappa shape index (κ3) is 4.24. The van der Waals surface area contributed by atoms with Gasteiger partial charge in [0.1, 0.15) is 12.4 Å². The number of para-hydroxylation sites is 1. The Labute approximate surface area is 130 Å². The van der Waals surface area contributed by atoms with Crippen molar-refractivity contribution in [2.24, 2.45) is 7.05 Å². The third-order valence-electron chi connectivity index (χ3n) is 3.08. The van der Waals surface area contributed by atoms with E-state index in [0.29, 0.717) is 0 Å². The van der Waals surface area contributed by atoms with Crippen LogP contribution < -0.4 is 15.6 Å². The van der Waals surface area contributed by atoms with Crippen molar-refractivity contribution in [3.8, 4) is 5.75 Å². The second-order valence-corrected chi connectivity index (χ2v) is 5.04. The van der Waals surface area contributed by atoms with Crippen LogP contribution in [0.25, 0.3) is 0 Å². The van der Waals surface area contributed by atoms with E-state index in [1.54, 1.807) is 14.0 Å².